The third kappa shape index (κ3) is 2.85. The monoisotopic (exact) mass is 286 g/mol. The molecule has 0 unspecified atom stereocenters. The molecule has 2 aliphatic rings. The van der Waals surface area contributed by atoms with Gasteiger partial charge in [0, 0.05) is 13.1 Å². The molecule has 1 aromatic rings. The summed E-state index contributed by atoms with van der Waals surface area (Å²) in [6.45, 7) is 10.5. The van der Waals surface area contributed by atoms with Crippen molar-refractivity contribution >= 4 is 19.0 Å². The molecule has 0 radical (unpaired) electrons. The van der Waals surface area contributed by atoms with Gasteiger partial charge in [-0.05, 0) is 52.3 Å². The number of rotatable bonds is 3. The summed E-state index contributed by atoms with van der Waals surface area (Å²) in [5.74, 6) is 3.00. The topological polar surface area (TPSA) is 34.6 Å². The fourth-order valence-corrected chi connectivity index (χ4v) is 2.40. The van der Waals surface area contributed by atoms with Crippen LogP contribution in [0.5, 0.6) is 0 Å². The predicted molar refractivity (Wildman–Crippen MR) is 86.2 cm³/mol. The molecule has 1 aromatic heterocycles. The zero-order valence-electron chi connectivity index (χ0n) is 13.3. The second-order valence-electron chi connectivity index (χ2n) is 6.75. The second-order valence-corrected chi connectivity index (χ2v) is 6.75. The summed E-state index contributed by atoms with van der Waals surface area (Å²) < 4.78 is 11.9. The number of nitrogens with zero attached hydrogens (tertiary/aromatic N) is 2. The van der Waals surface area contributed by atoms with E-state index in [2.05, 4.69) is 43.6 Å². The third-order valence-electron chi connectivity index (χ3n) is 4.63. The first kappa shape index (κ1) is 14.6. The van der Waals surface area contributed by atoms with E-state index in [1.807, 2.05) is 24.2 Å². The van der Waals surface area contributed by atoms with Crippen LogP contribution < -0.4 is 4.90 Å². The lowest BCUT2D eigenvalue weighted by Gasteiger charge is -2.32. The molecule has 0 amide bonds. The van der Waals surface area contributed by atoms with Crippen molar-refractivity contribution in [3.05, 3.63) is 29.9 Å². The van der Waals surface area contributed by atoms with Crippen molar-refractivity contribution in [3.63, 3.8) is 0 Å². The molecule has 0 aromatic carbocycles. The van der Waals surface area contributed by atoms with E-state index in [0.717, 1.165) is 24.6 Å². The molecule has 3 heterocycles. The number of anilines is 1. The van der Waals surface area contributed by atoms with Crippen LogP contribution in [0.4, 0.5) is 5.82 Å². The molecular weight excluding hydrogens is 263 g/mol. The summed E-state index contributed by atoms with van der Waals surface area (Å²) in [5.41, 5.74) is 0.346. The van der Waals surface area contributed by atoms with E-state index in [0.29, 0.717) is 0 Å². The van der Waals surface area contributed by atoms with E-state index in [4.69, 9.17) is 9.31 Å². The van der Waals surface area contributed by atoms with Crippen molar-refractivity contribution in [3.8, 4) is 0 Å². The highest BCUT2D eigenvalue weighted by Gasteiger charge is 2.50. The molecule has 0 aliphatic carbocycles. The zero-order valence-corrected chi connectivity index (χ0v) is 13.3. The molecule has 5 heteroatoms. The Labute approximate surface area is 127 Å². The van der Waals surface area contributed by atoms with Gasteiger partial charge in [0.25, 0.3) is 0 Å². The van der Waals surface area contributed by atoms with Crippen LogP contribution in [0.1, 0.15) is 39.8 Å². The lowest BCUT2D eigenvalue weighted by molar-refractivity contribution is 0.00578. The molecule has 21 heavy (non-hydrogen) atoms. The van der Waals surface area contributed by atoms with Crippen LogP contribution in [-0.4, -0.2) is 36.4 Å². The summed E-state index contributed by atoms with van der Waals surface area (Å²) in [5, 5.41) is 0. The Morgan fingerprint density at radius 2 is 1.81 bits per heavy atom. The fraction of sp³-hybridized carbons (Fsp3) is 0.562. The number of aromatic nitrogens is 1. The lowest BCUT2D eigenvalue weighted by atomic mass is 9.89. The molecule has 0 N–H and O–H groups in total. The summed E-state index contributed by atoms with van der Waals surface area (Å²) >= 11 is 0. The molecule has 3 rings (SSSR count). The molecule has 2 aliphatic heterocycles. The van der Waals surface area contributed by atoms with Gasteiger partial charge in [-0.1, -0.05) is 12.0 Å². The van der Waals surface area contributed by atoms with Crippen LogP contribution in [0.2, 0.25) is 0 Å². The Kier molecular flexibility index (Phi) is 3.58. The summed E-state index contributed by atoms with van der Waals surface area (Å²) in [7, 11) is -0.315. The minimum atomic E-state index is -0.315. The summed E-state index contributed by atoms with van der Waals surface area (Å²) in [6, 6.07) is 6.11. The molecule has 112 valence electrons. The van der Waals surface area contributed by atoms with E-state index in [9.17, 15) is 0 Å². The quantitative estimate of drug-likeness (QED) is 0.800. The average Bonchev–Trinajstić information content (AvgIpc) is 2.54. The van der Waals surface area contributed by atoms with E-state index < -0.39 is 0 Å². The van der Waals surface area contributed by atoms with Crippen molar-refractivity contribution in [2.75, 3.05) is 18.0 Å². The van der Waals surface area contributed by atoms with Gasteiger partial charge in [-0.15, -0.1) is 0 Å². The van der Waals surface area contributed by atoms with Gasteiger partial charge in [0.05, 0.1) is 16.9 Å². The maximum atomic E-state index is 5.95. The number of hydrogen-bond acceptors (Lipinski definition) is 4. The normalized spacial score (nSPS) is 23.6. The number of pyridine rings is 1. The Balaban J connectivity index is 1.69. The Morgan fingerprint density at radius 1 is 1.14 bits per heavy atom. The smallest absolute Gasteiger partial charge is 0.400 e. The molecule has 0 bridgehead atoms. The van der Waals surface area contributed by atoms with Crippen molar-refractivity contribution in [1.82, 2.24) is 4.98 Å². The van der Waals surface area contributed by atoms with Crippen LogP contribution in [-0.2, 0) is 9.31 Å². The largest absolute Gasteiger partial charge is 0.487 e. The highest BCUT2D eigenvalue weighted by molar-refractivity contribution is 6.52. The van der Waals surface area contributed by atoms with Crippen LogP contribution in [0.25, 0.3) is 6.08 Å². The Morgan fingerprint density at radius 3 is 2.38 bits per heavy atom. The first-order valence-corrected chi connectivity index (χ1v) is 7.63. The van der Waals surface area contributed by atoms with Crippen LogP contribution >= 0.6 is 0 Å². The van der Waals surface area contributed by atoms with Crippen molar-refractivity contribution < 1.29 is 9.31 Å². The lowest BCUT2D eigenvalue weighted by Crippen LogP contribution is -2.41. The van der Waals surface area contributed by atoms with Gasteiger partial charge in [0.2, 0.25) is 0 Å². The van der Waals surface area contributed by atoms with Gasteiger partial charge in [0.1, 0.15) is 5.82 Å². The first-order valence-electron chi connectivity index (χ1n) is 7.63. The van der Waals surface area contributed by atoms with Crippen molar-refractivity contribution in [1.29, 1.82) is 0 Å². The molecule has 4 nitrogen and oxygen atoms in total. The second kappa shape index (κ2) is 5.14. The van der Waals surface area contributed by atoms with E-state index >= 15 is 0 Å². The molecule has 0 atom stereocenters. The maximum absolute atomic E-state index is 5.95. The summed E-state index contributed by atoms with van der Waals surface area (Å²) in [6.07, 6.45) is 3.24. The average molecular weight is 286 g/mol. The minimum Gasteiger partial charge on any atom is -0.400 e. The molecular formula is C16H23BN2O2. The molecule has 0 saturated carbocycles. The maximum Gasteiger partial charge on any atom is 0.487 e. The molecule has 2 fully saturated rings. The number of hydrogen-bond donors (Lipinski definition) is 0. The summed E-state index contributed by atoms with van der Waals surface area (Å²) in [4.78, 5) is 6.94. The Bertz CT molecular complexity index is 537. The van der Waals surface area contributed by atoms with Crippen LogP contribution in [0.3, 0.4) is 0 Å². The predicted octanol–water partition coefficient (Wildman–Crippen LogP) is 2.94. The standard InChI is InChI=1S/C16H23BN2O2/c1-15(2)16(3,4)21-17(20-15)10-9-13-7-5-8-14(18-13)19-11-6-12-19/h5,7-10H,6,11-12H2,1-4H3/b10-9+. The molecule has 2 saturated heterocycles. The van der Waals surface area contributed by atoms with E-state index in [-0.39, 0.29) is 18.3 Å². The first-order chi connectivity index (χ1) is 9.87. The fourth-order valence-electron chi connectivity index (χ4n) is 2.40. The van der Waals surface area contributed by atoms with Crippen molar-refractivity contribution in [2.45, 2.75) is 45.3 Å². The minimum absolute atomic E-state index is 0.297. The van der Waals surface area contributed by atoms with Crippen molar-refractivity contribution in [2.24, 2.45) is 0 Å². The van der Waals surface area contributed by atoms with Crippen LogP contribution in [0, 0.1) is 0 Å². The Hall–Kier alpha value is -1.33. The van der Waals surface area contributed by atoms with Gasteiger partial charge in [-0.2, -0.15) is 0 Å². The van der Waals surface area contributed by atoms with Gasteiger partial charge < -0.3 is 14.2 Å². The highest BCUT2D eigenvalue weighted by Crippen LogP contribution is 2.37. The molecule has 0 spiro atoms. The third-order valence-corrected chi connectivity index (χ3v) is 4.63. The highest BCUT2D eigenvalue weighted by atomic mass is 16.7. The van der Waals surface area contributed by atoms with Gasteiger partial charge in [-0.25, -0.2) is 4.98 Å². The van der Waals surface area contributed by atoms with Gasteiger partial charge >= 0.3 is 7.12 Å². The van der Waals surface area contributed by atoms with Gasteiger partial charge in [-0.3, -0.25) is 0 Å². The SMILES string of the molecule is CC1(C)OB(/C=C/c2cccc(N3CCC3)n2)OC1(C)C. The zero-order chi connectivity index (χ0) is 15.1. The van der Waals surface area contributed by atoms with Gasteiger partial charge in [0.15, 0.2) is 0 Å². The van der Waals surface area contributed by atoms with E-state index in [1.165, 1.54) is 6.42 Å². The van der Waals surface area contributed by atoms with E-state index in [1.54, 1.807) is 0 Å². The van der Waals surface area contributed by atoms with Crippen LogP contribution in [0.15, 0.2) is 24.2 Å².